The minimum atomic E-state index is -0.383. The molecule has 0 bridgehead atoms. The summed E-state index contributed by atoms with van der Waals surface area (Å²) in [5, 5.41) is 0. The molecule has 0 saturated heterocycles. The fourth-order valence-electron chi connectivity index (χ4n) is 0.898. The molecule has 0 amide bonds. The average Bonchev–Trinajstić information content (AvgIpc) is 2.79. The van der Waals surface area contributed by atoms with Crippen molar-refractivity contribution in [1.29, 1.82) is 0 Å². The first-order valence-corrected chi connectivity index (χ1v) is 5.73. The van der Waals surface area contributed by atoms with Crippen molar-refractivity contribution in [2.24, 2.45) is 0 Å². The normalized spacial score (nSPS) is 8.75. The van der Waals surface area contributed by atoms with Gasteiger partial charge in [0.2, 0.25) is 0 Å². The standard InChI is InChI=1S/C9H10O4S.C2H6/c1-12-8(10)5-6-3-4-7(14-6)9(11)13-2;1-2/h3-4H,5H2,1-2H3;1-2H3. The van der Waals surface area contributed by atoms with Crippen molar-refractivity contribution in [1.82, 2.24) is 0 Å². The molecule has 0 aliphatic heterocycles. The zero-order valence-corrected chi connectivity index (χ0v) is 10.7. The lowest BCUT2D eigenvalue weighted by molar-refractivity contribution is -0.139. The van der Waals surface area contributed by atoms with E-state index in [2.05, 4.69) is 9.47 Å². The fraction of sp³-hybridized carbons (Fsp3) is 0.455. The Bertz CT molecular complexity index is 344. The zero-order chi connectivity index (χ0) is 12.6. The van der Waals surface area contributed by atoms with Crippen LogP contribution in [0.4, 0.5) is 0 Å². The van der Waals surface area contributed by atoms with E-state index in [0.29, 0.717) is 4.88 Å². The van der Waals surface area contributed by atoms with Crippen LogP contribution >= 0.6 is 11.3 Å². The molecule has 0 atom stereocenters. The van der Waals surface area contributed by atoms with Crippen LogP contribution in [0.2, 0.25) is 0 Å². The molecular weight excluding hydrogens is 228 g/mol. The topological polar surface area (TPSA) is 52.6 Å². The Morgan fingerprint density at radius 2 is 1.81 bits per heavy atom. The van der Waals surface area contributed by atoms with Gasteiger partial charge in [-0.1, -0.05) is 13.8 Å². The Hall–Kier alpha value is -1.36. The van der Waals surface area contributed by atoms with Gasteiger partial charge in [-0.15, -0.1) is 11.3 Å². The summed E-state index contributed by atoms with van der Waals surface area (Å²) in [5.74, 6) is -0.700. The van der Waals surface area contributed by atoms with Gasteiger partial charge < -0.3 is 9.47 Å². The van der Waals surface area contributed by atoms with E-state index in [1.807, 2.05) is 13.8 Å². The molecule has 0 saturated carbocycles. The summed E-state index contributed by atoms with van der Waals surface area (Å²) >= 11 is 1.23. The summed E-state index contributed by atoms with van der Waals surface area (Å²) in [4.78, 5) is 23.2. The van der Waals surface area contributed by atoms with Gasteiger partial charge in [0.15, 0.2) is 0 Å². The summed E-state index contributed by atoms with van der Waals surface area (Å²) in [6.07, 6.45) is 0.193. The molecule has 1 aromatic rings. The smallest absolute Gasteiger partial charge is 0.348 e. The minimum absolute atomic E-state index is 0.193. The van der Waals surface area contributed by atoms with Gasteiger partial charge in [0.1, 0.15) is 4.88 Å². The SMILES string of the molecule is CC.COC(=O)Cc1ccc(C(=O)OC)s1. The van der Waals surface area contributed by atoms with Crippen molar-refractivity contribution in [2.45, 2.75) is 20.3 Å². The number of carbonyl (C=O) groups excluding carboxylic acids is 2. The predicted octanol–water partition coefficient (Wildman–Crippen LogP) is 2.28. The van der Waals surface area contributed by atoms with Crippen molar-refractivity contribution in [3.05, 3.63) is 21.9 Å². The second-order valence-electron chi connectivity index (χ2n) is 2.51. The molecule has 0 aliphatic rings. The number of esters is 2. The largest absolute Gasteiger partial charge is 0.469 e. The van der Waals surface area contributed by atoms with Crippen molar-refractivity contribution < 1.29 is 19.1 Å². The van der Waals surface area contributed by atoms with E-state index in [1.165, 1.54) is 25.6 Å². The summed E-state index contributed by atoms with van der Waals surface area (Å²) in [6.45, 7) is 4.00. The molecule has 90 valence electrons. The van der Waals surface area contributed by atoms with Gasteiger partial charge in [-0.25, -0.2) is 4.79 Å². The number of rotatable bonds is 3. The van der Waals surface area contributed by atoms with E-state index in [-0.39, 0.29) is 18.4 Å². The maximum Gasteiger partial charge on any atom is 0.348 e. The number of hydrogen-bond donors (Lipinski definition) is 0. The lowest BCUT2D eigenvalue weighted by atomic mass is 10.3. The number of thiophene rings is 1. The molecular formula is C11H16O4S. The Balaban J connectivity index is 0.00000106. The Morgan fingerprint density at radius 1 is 1.19 bits per heavy atom. The molecule has 0 radical (unpaired) electrons. The van der Waals surface area contributed by atoms with Crippen LogP contribution in [0.25, 0.3) is 0 Å². The van der Waals surface area contributed by atoms with Gasteiger partial charge in [0.05, 0.1) is 20.6 Å². The van der Waals surface area contributed by atoms with Crippen LogP contribution in [0.1, 0.15) is 28.4 Å². The van der Waals surface area contributed by atoms with E-state index in [9.17, 15) is 9.59 Å². The van der Waals surface area contributed by atoms with E-state index in [0.717, 1.165) is 4.88 Å². The highest BCUT2D eigenvalue weighted by atomic mass is 32.1. The van der Waals surface area contributed by atoms with Gasteiger partial charge in [-0.05, 0) is 12.1 Å². The van der Waals surface area contributed by atoms with Crippen molar-refractivity contribution in [3.8, 4) is 0 Å². The van der Waals surface area contributed by atoms with Crippen molar-refractivity contribution in [2.75, 3.05) is 14.2 Å². The molecule has 0 spiro atoms. The lowest BCUT2D eigenvalue weighted by Crippen LogP contribution is -2.02. The van der Waals surface area contributed by atoms with Gasteiger partial charge in [-0.2, -0.15) is 0 Å². The molecule has 16 heavy (non-hydrogen) atoms. The van der Waals surface area contributed by atoms with E-state index >= 15 is 0 Å². The second-order valence-corrected chi connectivity index (χ2v) is 3.68. The lowest BCUT2D eigenvalue weighted by Gasteiger charge is -1.95. The van der Waals surface area contributed by atoms with Crippen LogP contribution in [0.3, 0.4) is 0 Å². The molecule has 1 heterocycles. The first kappa shape index (κ1) is 14.6. The molecule has 0 unspecified atom stereocenters. The highest BCUT2D eigenvalue weighted by Crippen LogP contribution is 2.17. The monoisotopic (exact) mass is 244 g/mol. The number of ether oxygens (including phenoxy) is 2. The second kappa shape index (κ2) is 7.87. The highest BCUT2D eigenvalue weighted by molar-refractivity contribution is 7.14. The van der Waals surface area contributed by atoms with Gasteiger partial charge in [-0.3, -0.25) is 4.79 Å². The molecule has 4 nitrogen and oxygen atoms in total. The summed E-state index contributed by atoms with van der Waals surface area (Å²) in [5.41, 5.74) is 0. The third kappa shape index (κ3) is 4.44. The van der Waals surface area contributed by atoms with Crippen LogP contribution in [0, 0.1) is 0 Å². The van der Waals surface area contributed by atoms with Crippen LogP contribution in [-0.2, 0) is 20.7 Å². The Kier molecular flexibility index (Phi) is 7.20. The van der Waals surface area contributed by atoms with Crippen LogP contribution in [0.5, 0.6) is 0 Å². The number of hydrogen-bond acceptors (Lipinski definition) is 5. The molecule has 5 heteroatoms. The first-order chi connectivity index (χ1) is 7.67. The van der Waals surface area contributed by atoms with Gasteiger partial charge in [0.25, 0.3) is 0 Å². The maximum absolute atomic E-state index is 11.1. The van der Waals surface area contributed by atoms with Crippen LogP contribution in [0.15, 0.2) is 12.1 Å². The van der Waals surface area contributed by atoms with Crippen LogP contribution < -0.4 is 0 Å². The van der Waals surface area contributed by atoms with Crippen molar-refractivity contribution in [3.63, 3.8) is 0 Å². The molecule has 1 aromatic heterocycles. The number of carbonyl (C=O) groups is 2. The van der Waals surface area contributed by atoms with Gasteiger partial charge >= 0.3 is 11.9 Å². The van der Waals surface area contributed by atoms with E-state index < -0.39 is 0 Å². The Morgan fingerprint density at radius 3 is 2.31 bits per heavy atom. The van der Waals surface area contributed by atoms with E-state index in [4.69, 9.17) is 0 Å². The molecule has 0 N–H and O–H groups in total. The molecule has 1 rings (SSSR count). The molecule has 0 aromatic carbocycles. The molecule has 0 fully saturated rings. The van der Waals surface area contributed by atoms with Crippen molar-refractivity contribution >= 4 is 23.3 Å². The minimum Gasteiger partial charge on any atom is -0.469 e. The van der Waals surface area contributed by atoms with Gasteiger partial charge in [0, 0.05) is 4.88 Å². The fourth-order valence-corrected chi connectivity index (χ4v) is 1.81. The summed E-state index contributed by atoms with van der Waals surface area (Å²) in [7, 11) is 2.65. The third-order valence-corrected chi connectivity index (χ3v) is 2.66. The predicted molar refractivity (Wildman–Crippen MR) is 62.7 cm³/mol. The first-order valence-electron chi connectivity index (χ1n) is 4.91. The van der Waals surface area contributed by atoms with E-state index in [1.54, 1.807) is 12.1 Å². The summed E-state index contributed by atoms with van der Waals surface area (Å²) in [6, 6.07) is 3.35. The third-order valence-electron chi connectivity index (χ3n) is 1.59. The Labute approximate surface area is 99.2 Å². The van der Waals surface area contributed by atoms with Crippen LogP contribution in [-0.4, -0.2) is 26.2 Å². The summed E-state index contributed by atoms with van der Waals surface area (Å²) < 4.78 is 9.04. The highest BCUT2D eigenvalue weighted by Gasteiger charge is 2.11. The maximum atomic E-state index is 11.1. The zero-order valence-electron chi connectivity index (χ0n) is 9.90. The molecule has 0 aliphatic carbocycles. The number of methoxy groups -OCH3 is 2. The quantitative estimate of drug-likeness (QED) is 0.765. The average molecular weight is 244 g/mol.